The van der Waals surface area contributed by atoms with Crippen LogP contribution in [0.1, 0.15) is 12.5 Å². The van der Waals surface area contributed by atoms with Gasteiger partial charge in [-0.2, -0.15) is 5.10 Å². The van der Waals surface area contributed by atoms with Crippen LogP contribution in [0.3, 0.4) is 0 Å². The van der Waals surface area contributed by atoms with Gasteiger partial charge in [0.05, 0.1) is 32.4 Å². The molecular weight excluding hydrogens is 306 g/mol. The summed E-state index contributed by atoms with van der Waals surface area (Å²) in [5.74, 6) is 0.357. The molecule has 5 nitrogen and oxygen atoms in total. The second kappa shape index (κ2) is 4.50. The largest absolute Gasteiger partial charge is 0.396 e. The molecule has 0 radical (unpaired) electrons. The number of hydrogen-bond donors (Lipinski definition) is 1. The van der Waals surface area contributed by atoms with Crippen LogP contribution in [0, 0.1) is 0 Å². The molecule has 1 aliphatic heterocycles. The number of anilines is 1. The zero-order valence-corrected chi connectivity index (χ0v) is 12.3. The highest BCUT2D eigenvalue weighted by Gasteiger charge is 2.30. The van der Waals surface area contributed by atoms with Gasteiger partial charge in [-0.05, 0) is 18.6 Å². The first-order valence-corrected chi connectivity index (χ1v) is 8.77. The summed E-state index contributed by atoms with van der Waals surface area (Å²) in [7, 11) is -2.93. The number of nitrogens with zero attached hydrogens (tertiary/aromatic N) is 2. The van der Waals surface area contributed by atoms with Crippen LogP contribution < -0.4 is 5.73 Å². The molecule has 2 N–H and O–H groups in total. The highest BCUT2D eigenvalue weighted by atomic mass is 35.5. The molecule has 2 aromatic rings. The highest BCUT2D eigenvalue weighted by Crippen LogP contribution is 2.34. The number of aromatic nitrogens is 2. The minimum atomic E-state index is -2.93. The van der Waals surface area contributed by atoms with Gasteiger partial charge in [-0.3, -0.25) is 4.68 Å². The predicted octanol–water partition coefficient (Wildman–Crippen LogP) is 2.21. The lowest BCUT2D eigenvalue weighted by atomic mass is 10.3. The van der Waals surface area contributed by atoms with Crippen molar-refractivity contribution < 1.29 is 8.42 Å². The predicted molar refractivity (Wildman–Crippen MR) is 77.3 cm³/mol. The third-order valence-electron chi connectivity index (χ3n) is 3.15. The maximum absolute atomic E-state index is 11.5. The maximum Gasteiger partial charge on any atom is 0.152 e. The number of hydrogen-bond acceptors (Lipinski definition) is 5. The van der Waals surface area contributed by atoms with Crippen molar-refractivity contribution in [3.8, 4) is 10.6 Å². The highest BCUT2D eigenvalue weighted by molar-refractivity contribution is 7.91. The fraction of sp³-hybridized carbons (Fsp3) is 0.364. The van der Waals surface area contributed by atoms with Gasteiger partial charge in [0, 0.05) is 6.20 Å². The van der Waals surface area contributed by atoms with E-state index in [4.69, 9.17) is 17.3 Å². The Labute approximate surface area is 119 Å². The number of nitrogens with two attached hydrogens (primary N) is 1. The lowest BCUT2D eigenvalue weighted by Gasteiger charge is -2.06. The van der Waals surface area contributed by atoms with Crippen molar-refractivity contribution in [3.05, 3.63) is 22.7 Å². The first kappa shape index (κ1) is 13.0. The second-order valence-corrected chi connectivity index (χ2v) is 8.52. The number of halogens is 1. The van der Waals surface area contributed by atoms with E-state index in [0.29, 0.717) is 22.1 Å². The monoisotopic (exact) mass is 317 g/mol. The number of nitrogen functional groups attached to an aromatic ring is 1. The summed E-state index contributed by atoms with van der Waals surface area (Å²) < 4.78 is 25.3. The average molecular weight is 318 g/mol. The molecule has 3 rings (SSSR count). The lowest BCUT2D eigenvalue weighted by molar-refractivity contribution is 0.501. The Balaban J connectivity index is 1.94. The topological polar surface area (TPSA) is 78.0 Å². The van der Waals surface area contributed by atoms with Crippen LogP contribution in [0.15, 0.2) is 18.3 Å². The van der Waals surface area contributed by atoms with Crippen LogP contribution in [0.5, 0.6) is 0 Å². The van der Waals surface area contributed by atoms with E-state index in [1.807, 2.05) is 6.07 Å². The molecule has 1 saturated heterocycles. The third kappa shape index (κ3) is 2.50. The summed E-state index contributed by atoms with van der Waals surface area (Å²) in [6.45, 7) is 0. The molecule has 1 fully saturated rings. The molecule has 0 aromatic carbocycles. The van der Waals surface area contributed by atoms with E-state index in [2.05, 4.69) is 5.10 Å². The molecule has 19 heavy (non-hydrogen) atoms. The van der Waals surface area contributed by atoms with Crippen molar-refractivity contribution in [1.29, 1.82) is 0 Å². The first-order chi connectivity index (χ1) is 8.94. The van der Waals surface area contributed by atoms with Gasteiger partial charge in [-0.25, -0.2) is 8.42 Å². The Morgan fingerprint density at radius 3 is 2.84 bits per heavy atom. The number of rotatable bonds is 2. The maximum atomic E-state index is 11.5. The van der Waals surface area contributed by atoms with E-state index >= 15 is 0 Å². The zero-order valence-electron chi connectivity index (χ0n) is 9.91. The molecule has 0 aliphatic carbocycles. The molecule has 0 saturated carbocycles. The summed E-state index contributed by atoms with van der Waals surface area (Å²) >= 11 is 7.30. The molecule has 0 spiro atoms. The molecule has 0 bridgehead atoms. The summed E-state index contributed by atoms with van der Waals surface area (Å²) in [5, 5.41) is 4.42. The normalized spacial score (nSPS) is 21.8. The quantitative estimate of drug-likeness (QED) is 0.921. The lowest BCUT2D eigenvalue weighted by Crippen LogP contribution is -2.11. The van der Waals surface area contributed by atoms with E-state index in [1.54, 1.807) is 16.9 Å². The molecule has 1 atom stereocenters. The second-order valence-electron chi connectivity index (χ2n) is 4.57. The van der Waals surface area contributed by atoms with Crippen LogP contribution in [0.2, 0.25) is 4.34 Å². The van der Waals surface area contributed by atoms with Crippen LogP contribution in [-0.4, -0.2) is 29.7 Å². The molecule has 1 unspecified atom stereocenters. The molecule has 3 heterocycles. The number of thiophene rings is 1. The van der Waals surface area contributed by atoms with E-state index in [9.17, 15) is 8.42 Å². The van der Waals surface area contributed by atoms with Gasteiger partial charge in [-0.15, -0.1) is 11.3 Å². The van der Waals surface area contributed by atoms with E-state index in [0.717, 1.165) is 4.88 Å². The molecular formula is C11H12ClN3O2S2. The van der Waals surface area contributed by atoms with Gasteiger partial charge in [0.1, 0.15) is 5.69 Å². The van der Waals surface area contributed by atoms with Gasteiger partial charge in [0.2, 0.25) is 0 Å². The Morgan fingerprint density at radius 1 is 1.47 bits per heavy atom. The van der Waals surface area contributed by atoms with Crippen LogP contribution in [-0.2, 0) is 9.84 Å². The van der Waals surface area contributed by atoms with Gasteiger partial charge < -0.3 is 5.73 Å². The van der Waals surface area contributed by atoms with Gasteiger partial charge >= 0.3 is 0 Å². The van der Waals surface area contributed by atoms with E-state index < -0.39 is 9.84 Å². The summed E-state index contributed by atoms with van der Waals surface area (Å²) in [5.41, 5.74) is 7.16. The summed E-state index contributed by atoms with van der Waals surface area (Å²) in [4.78, 5) is 0.891. The zero-order chi connectivity index (χ0) is 13.6. The SMILES string of the molecule is Nc1cn(C2CCS(=O)(=O)C2)nc1-c1ccc(Cl)s1. The Kier molecular flexibility index (Phi) is 3.07. The van der Waals surface area contributed by atoms with Crippen molar-refractivity contribution in [2.45, 2.75) is 12.5 Å². The minimum absolute atomic E-state index is 0.114. The summed E-state index contributed by atoms with van der Waals surface area (Å²) in [6.07, 6.45) is 2.29. The van der Waals surface area contributed by atoms with Crippen molar-refractivity contribution in [2.24, 2.45) is 0 Å². The smallest absolute Gasteiger partial charge is 0.152 e. The van der Waals surface area contributed by atoms with Crippen molar-refractivity contribution in [3.63, 3.8) is 0 Å². The standard InChI is InChI=1S/C11H12ClN3O2S2/c12-10-2-1-9(18-10)11-8(13)5-15(14-11)7-3-4-19(16,17)6-7/h1-2,5,7H,3-4,6,13H2. The Bertz CT molecular complexity index is 720. The van der Waals surface area contributed by atoms with Gasteiger partial charge in [0.25, 0.3) is 0 Å². The minimum Gasteiger partial charge on any atom is -0.396 e. The molecule has 0 amide bonds. The van der Waals surface area contributed by atoms with Crippen molar-refractivity contribution in [1.82, 2.24) is 9.78 Å². The number of sulfone groups is 1. The van der Waals surface area contributed by atoms with Crippen molar-refractivity contribution in [2.75, 3.05) is 17.2 Å². The molecule has 1 aliphatic rings. The van der Waals surface area contributed by atoms with Crippen LogP contribution in [0.4, 0.5) is 5.69 Å². The molecule has 2 aromatic heterocycles. The van der Waals surface area contributed by atoms with Crippen molar-refractivity contribution >= 4 is 38.5 Å². The van der Waals surface area contributed by atoms with Crippen LogP contribution >= 0.6 is 22.9 Å². The fourth-order valence-corrected chi connectivity index (χ4v) is 4.96. The average Bonchev–Trinajstić information content (AvgIpc) is 2.98. The fourth-order valence-electron chi connectivity index (χ4n) is 2.21. The van der Waals surface area contributed by atoms with E-state index in [1.165, 1.54) is 11.3 Å². The van der Waals surface area contributed by atoms with Crippen LogP contribution in [0.25, 0.3) is 10.6 Å². The summed E-state index contributed by atoms with van der Waals surface area (Å²) in [6, 6.07) is 3.54. The Hall–Kier alpha value is -1.05. The van der Waals surface area contributed by atoms with E-state index in [-0.39, 0.29) is 17.5 Å². The van der Waals surface area contributed by atoms with Gasteiger partial charge in [-0.1, -0.05) is 11.6 Å². The Morgan fingerprint density at radius 2 is 2.26 bits per heavy atom. The first-order valence-electron chi connectivity index (χ1n) is 5.75. The third-order valence-corrected chi connectivity index (χ3v) is 6.14. The molecule has 102 valence electrons. The molecule has 8 heteroatoms. The van der Waals surface area contributed by atoms with Gasteiger partial charge in [0.15, 0.2) is 9.84 Å².